The fraction of sp³-hybridized carbons (Fsp3) is 0.111. The molecule has 1 atom stereocenters. The predicted octanol–water partition coefficient (Wildman–Crippen LogP) is 7.74. The molecule has 236 valence electrons. The lowest BCUT2D eigenvalue weighted by molar-refractivity contribution is -0.117. The topological polar surface area (TPSA) is 102 Å². The number of amides is 1. The van der Waals surface area contributed by atoms with Crippen LogP contribution in [0.5, 0.6) is 11.5 Å². The molecule has 0 saturated heterocycles. The Morgan fingerprint density at radius 3 is 2.45 bits per heavy atom. The normalized spacial score (nSPS) is 14.6. The van der Waals surface area contributed by atoms with Crippen LogP contribution in [-0.4, -0.2) is 34.1 Å². The molecule has 0 radical (unpaired) electrons. The molecule has 1 unspecified atom stereocenters. The summed E-state index contributed by atoms with van der Waals surface area (Å²) in [5.41, 5.74) is 2.62. The first-order chi connectivity index (χ1) is 22.9. The van der Waals surface area contributed by atoms with E-state index in [1.807, 2.05) is 60.7 Å². The van der Waals surface area contributed by atoms with Crippen molar-refractivity contribution < 1.29 is 28.6 Å². The van der Waals surface area contributed by atoms with E-state index in [9.17, 15) is 19.1 Å². The van der Waals surface area contributed by atoms with Crippen LogP contribution < -0.4 is 14.4 Å². The number of carbonyl (C=O) groups excluding carboxylic acids is 2. The van der Waals surface area contributed by atoms with Crippen LogP contribution in [0.1, 0.15) is 28.3 Å². The average Bonchev–Trinajstić information content (AvgIpc) is 3.68. The number of halogens is 1. The highest BCUT2D eigenvalue weighted by Crippen LogP contribution is 2.45. The van der Waals surface area contributed by atoms with Crippen molar-refractivity contribution >= 4 is 46.0 Å². The smallest absolute Gasteiger partial charge is 0.296 e. The molecule has 8 nitrogen and oxygen atoms in total. The molecule has 1 aliphatic rings. The molecule has 1 aliphatic heterocycles. The summed E-state index contributed by atoms with van der Waals surface area (Å²) in [4.78, 5) is 28.6. The lowest BCUT2D eigenvalue weighted by Gasteiger charge is -2.24. The molecule has 0 bridgehead atoms. The van der Waals surface area contributed by atoms with Crippen LogP contribution in [0.4, 0.5) is 9.52 Å². The van der Waals surface area contributed by atoms with Crippen molar-refractivity contribution in [2.24, 2.45) is 0 Å². The molecule has 6 rings (SSSR count). The van der Waals surface area contributed by atoms with Crippen molar-refractivity contribution in [3.8, 4) is 11.5 Å². The summed E-state index contributed by atoms with van der Waals surface area (Å²) in [7, 11) is 1.50. The molecule has 0 fully saturated rings. The van der Waals surface area contributed by atoms with Crippen molar-refractivity contribution in [1.29, 1.82) is 0 Å². The number of anilines is 1. The number of aliphatic hydroxyl groups excluding tert-OH is 1. The summed E-state index contributed by atoms with van der Waals surface area (Å²) in [6.07, 6.45) is 2.95. The van der Waals surface area contributed by atoms with Gasteiger partial charge in [-0.2, -0.15) is 0 Å². The Hall–Kier alpha value is -5.26. The molecule has 5 aromatic rings. The zero-order chi connectivity index (χ0) is 32.8. The minimum atomic E-state index is -1.05. The van der Waals surface area contributed by atoms with E-state index < -0.39 is 23.5 Å². The zero-order valence-electron chi connectivity index (χ0n) is 25.1. The first-order valence-corrected chi connectivity index (χ1v) is 16.3. The highest BCUT2D eigenvalue weighted by Gasteiger charge is 2.45. The van der Waals surface area contributed by atoms with Crippen molar-refractivity contribution in [3.05, 3.63) is 149 Å². The zero-order valence-corrected chi connectivity index (χ0v) is 26.7. The molecule has 4 aromatic carbocycles. The monoisotopic (exact) mass is 665 g/mol. The third-order valence-electron chi connectivity index (χ3n) is 7.35. The first kappa shape index (κ1) is 31.7. The highest BCUT2D eigenvalue weighted by molar-refractivity contribution is 8.00. The van der Waals surface area contributed by atoms with Gasteiger partial charge in [0.1, 0.15) is 12.4 Å². The van der Waals surface area contributed by atoms with Crippen molar-refractivity contribution in [2.75, 3.05) is 12.0 Å². The predicted molar refractivity (Wildman–Crippen MR) is 180 cm³/mol. The minimum absolute atomic E-state index is 0.113. The SMILES string of the molecule is COc1cc(C2C(C(=O)/C=C/c3ccccc3)=C(O)C(=O)N2c2nnc(SCc3ccccc3F)s2)ccc1OCc1ccccc1. The Balaban J connectivity index is 1.33. The van der Waals surface area contributed by atoms with Gasteiger partial charge in [-0.15, -0.1) is 10.2 Å². The Morgan fingerprint density at radius 1 is 0.979 bits per heavy atom. The number of hydrogen-bond donors (Lipinski definition) is 1. The van der Waals surface area contributed by atoms with Crippen molar-refractivity contribution in [3.63, 3.8) is 0 Å². The number of thioether (sulfide) groups is 1. The van der Waals surface area contributed by atoms with Crippen LogP contribution in [-0.2, 0) is 21.9 Å². The number of allylic oxidation sites excluding steroid dienone is 1. The first-order valence-electron chi connectivity index (χ1n) is 14.5. The van der Waals surface area contributed by atoms with E-state index in [4.69, 9.17) is 9.47 Å². The van der Waals surface area contributed by atoms with Crippen molar-refractivity contribution in [2.45, 2.75) is 22.7 Å². The molecule has 2 heterocycles. The Bertz CT molecular complexity index is 1960. The molecule has 0 aliphatic carbocycles. The Kier molecular flexibility index (Phi) is 9.75. The summed E-state index contributed by atoms with van der Waals surface area (Å²) >= 11 is 2.37. The molecule has 0 saturated carbocycles. The van der Waals surface area contributed by atoms with Gasteiger partial charge in [0.2, 0.25) is 5.13 Å². The maximum atomic E-state index is 14.2. The van der Waals surface area contributed by atoms with Gasteiger partial charge in [-0.1, -0.05) is 114 Å². The van der Waals surface area contributed by atoms with Gasteiger partial charge in [0.05, 0.1) is 18.7 Å². The second-order valence-electron chi connectivity index (χ2n) is 10.4. The van der Waals surface area contributed by atoms with E-state index in [2.05, 4.69) is 10.2 Å². The molecule has 1 aromatic heterocycles. The van der Waals surface area contributed by atoms with E-state index in [-0.39, 0.29) is 16.5 Å². The number of carbonyl (C=O) groups is 2. The molecular weight excluding hydrogens is 638 g/mol. The number of aliphatic hydroxyl groups is 1. The maximum Gasteiger partial charge on any atom is 0.296 e. The van der Waals surface area contributed by atoms with Gasteiger partial charge in [-0.05, 0) is 46.5 Å². The third kappa shape index (κ3) is 7.11. The van der Waals surface area contributed by atoms with Crippen LogP contribution in [0.3, 0.4) is 0 Å². The summed E-state index contributed by atoms with van der Waals surface area (Å²) in [5, 5.41) is 19.8. The number of nitrogens with zero attached hydrogens (tertiary/aromatic N) is 3. The summed E-state index contributed by atoms with van der Waals surface area (Å²) in [6, 6.07) is 29.4. The van der Waals surface area contributed by atoms with E-state index >= 15 is 0 Å². The average molecular weight is 666 g/mol. The highest BCUT2D eigenvalue weighted by atomic mass is 32.2. The fourth-order valence-electron chi connectivity index (χ4n) is 5.02. The van der Waals surface area contributed by atoms with E-state index in [1.54, 1.807) is 42.5 Å². The molecule has 47 heavy (non-hydrogen) atoms. The molecule has 0 spiro atoms. The van der Waals surface area contributed by atoms with Crippen LogP contribution in [0.15, 0.2) is 125 Å². The van der Waals surface area contributed by atoms with Crippen LogP contribution in [0.2, 0.25) is 0 Å². The largest absolute Gasteiger partial charge is 0.503 e. The number of ketones is 1. The lowest BCUT2D eigenvalue weighted by atomic mass is 9.95. The number of ether oxygens (including phenoxy) is 2. The van der Waals surface area contributed by atoms with Crippen LogP contribution in [0, 0.1) is 5.82 Å². The molecule has 1 N–H and O–H groups in total. The van der Waals surface area contributed by atoms with E-state index in [0.29, 0.717) is 39.3 Å². The Labute approximate surface area is 278 Å². The second kappa shape index (κ2) is 14.4. The van der Waals surface area contributed by atoms with Crippen molar-refractivity contribution in [1.82, 2.24) is 10.2 Å². The number of aromatic nitrogens is 2. The van der Waals surface area contributed by atoms with Gasteiger partial charge >= 0.3 is 0 Å². The number of rotatable bonds is 12. The summed E-state index contributed by atoms with van der Waals surface area (Å²) in [6.45, 7) is 0.303. The van der Waals surface area contributed by atoms with Gasteiger partial charge in [0, 0.05) is 5.75 Å². The number of methoxy groups -OCH3 is 1. The van der Waals surface area contributed by atoms with Gasteiger partial charge in [-0.3, -0.25) is 14.5 Å². The van der Waals surface area contributed by atoms with Gasteiger partial charge in [0.25, 0.3) is 5.91 Å². The van der Waals surface area contributed by atoms with E-state index in [0.717, 1.165) is 22.5 Å². The minimum Gasteiger partial charge on any atom is -0.503 e. The van der Waals surface area contributed by atoms with E-state index in [1.165, 1.54) is 35.9 Å². The molecule has 1 amide bonds. The fourth-order valence-corrected chi connectivity index (χ4v) is 6.87. The Morgan fingerprint density at radius 2 is 1.70 bits per heavy atom. The summed E-state index contributed by atoms with van der Waals surface area (Å²) < 4.78 is 26.4. The number of benzene rings is 4. The molecule has 11 heteroatoms. The maximum absolute atomic E-state index is 14.2. The van der Waals surface area contributed by atoms with Crippen LogP contribution >= 0.6 is 23.1 Å². The second-order valence-corrected chi connectivity index (χ2v) is 12.5. The quantitative estimate of drug-likeness (QED) is 0.0821. The van der Waals surface area contributed by atoms with Crippen LogP contribution in [0.25, 0.3) is 6.08 Å². The molecular formula is C36H28FN3O5S2. The van der Waals surface area contributed by atoms with Gasteiger partial charge in [0.15, 0.2) is 27.4 Å². The third-order valence-corrected chi connectivity index (χ3v) is 9.46. The van der Waals surface area contributed by atoms with Gasteiger partial charge in [-0.25, -0.2) is 4.39 Å². The van der Waals surface area contributed by atoms with Gasteiger partial charge < -0.3 is 14.6 Å². The lowest BCUT2D eigenvalue weighted by Crippen LogP contribution is -2.30. The number of hydrogen-bond acceptors (Lipinski definition) is 9. The summed E-state index contributed by atoms with van der Waals surface area (Å²) in [5.74, 6) is -1.21. The standard InChI is InChI=1S/C36H28FN3O5S2/c1-44-30-20-25(17-19-29(30)45-21-24-12-6-3-7-13-24)32-31(28(41)18-16-23-10-4-2-5-11-23)33(42)34(43)40(32)35-38-39-36(47-35)46-22-26-14-8-9-15-27(26)37/h2-20,32,42H,21-22H2,1H3/b18-16+.